The monoisotopic (exact) mass is 285 g/mol. The number of hydrogen-bond donors (Lipinski definition) is 0. The Kier molecular flexibility index (Phi) is 3.02. The molecule has 106 valence electrons. The van der Waals surface area contributed by atoms with E-state index >= 15 is 0 Å². The number of nitrogens with zero attached hydrogens (tertiary/aromatic N) is 5. The first-order valence-corrected chi connectivity index (χ1v) is 6.34. The Morgan fingerprint density at radius 1 is 1.52 bits per heavy atom. The standard InChI is InChI=1S/C13H11N5O3/c1-21-12-5-4-9(6-11(12)18(19)20)17-13(8-2-3-8)10(7-14)15-16-17/h4-6,8H,2-3H2,1H3. The summed E-state index contributed by atoms with van der Waals surface area (Å²) in [6.07, 6.45) is 1.95. The van der Waals surface area contributed by atoms with E-state index in [1.807, 2.05) is 6.07 Å². The summed E-state index contributed by atoms with van der Waals surface area (Å²) in [6.45, 7) is 0. The number of rotatable bonds is 4. The summed E-state index contributed by atoms with van der Waals surface area (Å²) in [6, 6.07) is 6.56. The molecule has 0 aliphatic heterocycles. The smallest absolute Gasteiger partial charge is 0.313 e. The second kappa shape index (κ2) is 4.86. The van der Waals surface area contributed by atoms with E-state index in [2.05, 4.69) is 10.3 Å². The molecule has 1 saturated carbocycles. The summed E-state index contributed by atoms with van der Waals surface area (Å²) in [7, 11) is 1.38. The highest BCUT2D eigenvalue weighted by atomic mass is 16.6. The third-order valence-corrected chi connectivity index (χ3v) is 3.38. The molecule has 1 fully saturated rings. The highest BCUT2D eigenvalue weighted by Gasteiger charge is 2.32. The molecule has 21 heavy (non-hydrogen) atoms. The molecule has 8 nitrogen and oxygen atoms in total. The van der Waals surface area contributed by atoms with Gasteiger partial charge in [0.25, 0.3) is 0 Å². The van der Waals surface area contributed by atoms with E-state index in [4.69, 9.17) is 10.00 Å². The van der Waals surface area contributed by atoms with Crippen molar-refractivity contribution in [1.82, 2.24) is 15.0 Å². The average Bonchev–Trinajstić information content (AvgIpc) is 3.25. The first-order valence-electron chi connectivity index (χ1n) is 6.34. The zero-order valence-electron chi connectivity index (χ0n) is 11.2. The molecule has 0 amide bonds. The Hall–Kier alpha value is -2.95. The van der Waals surface area contributed by atoms with Crippen molar-refractivity contribution in [1.29, 1.82) is 5.26 Å². The van der Waals surface area contributed by atoms with Crippen molar-refractivity contribution >= 4 is 5.69 Å². The van der Waals surface area contributed by atoms with Crippen LogP contribution < -0.4 is 4.74 Å². The lowest BCUT2D eigenvalue weighted by atomic mass is 10.2. The molecule has 0 spiro atoms. The average molecular weight is 285 g/mol. The molecule has 1 aliphatic rings. The van der Waals surface area contributed by atoms with Crippen LogP contribution in [0.3, 0.4) is 0 Å². The maximum atomic E-state index is 11.1. The molecule has 2 aromatic rings. The summed E-state index contributed by atoms with van der Waals surface area (Å²) in [5, 5.41) is 28.0. The molecule has 0 N–H and O–H groups in total. The minimum atomic E-state index is -0.513. The van der Waals surface area contributed by atoms with Crippen molar-refractivity contribution in [3.05, 3.63) is 39.7 Å². The van der Waals surface area contributed by atoms with Crippen molar-refractivity contribution in [2.45, 2.75) is 18.8 Å². The molecular weight excluding hydrogens is 274 g/mol. The van der Waals surface area contributed by atoms with E-state index < -0.39 is 4.92 Å². The normalized spacial score (nSPS) is 13.7. The fourth-order valence-corrected chi connectivity index (χ4v) is 2.24. The lowest BCUT2D eigenvalue weighted by molar-refractivity contribution is -0.385. The van der Waals surface area contributed by atoms with E-state index in [1.54, 1.807) is 6.07 Å². The summed E-state index contributed by atoms with van der Waals surface area (Å²) in [4.78, 5) is 10.6. The first-order chi connectivity index (χ1) is 10.2. The van der Waals surface area contributed by atoms with Crippen LogP contribution in [0.1, 0.15) is 30.1 Å². The molecule has 8 heteroatoms. The molecule has 0 unspecified atom stereocenters. The Labute approximate surface area is 119 Å². The van der Waals surface area contributed by atoms with Crippen molar-refractivity contribution in [2.24, 2.45) is 0 Å². The van der Waals surface area contributed by atoms with Crippen LogP contribution in [0.4, 0.5) is 5.69 Å². The van der Waals surface area contributed by atoms with Gasteiger partial charge in [-0.1, -0.05) is 5.21 Å². The van der Waals surface area contributed by atoms with Crippen LogP contribution in [0.2, 0.25) is 0 Å². The lowest BCUT2D eigenvalue weighted by Gasteiger charge is -2.07. The van der Waals surface area contributed by atoms with Gasteiger partial charge in [0.1, 0.15) is 6.07 Å². The molecule has 1 heterocycles. The summed E-state index contributed by atoms with van der Waals surface area (Å²) < 4.78 is 6.48. The fraction of sp³-hybridized carbons (Fsp3) is 0.308. The van der Waals surface area contributed by atoms with Gasteiger partial charge in [-0.3, -0.25) is 10.1 Å². The molecule has 0 atom stereocenters. The van der Waals surface area contributed by atoms with Gasteiger partial charge in [0.05, 0.1) is 23.4 Å². The number of benzene rings is 1. The maximum absolute atomic E-state index is 11.1. The van der Waals surface area contributed by atoms with Crippen molar-refractivity contribution in [3.63, 3.8) is 0 Å². The van der Waals surface area contributed by atoms with Crippen LogP contribution in [0.25, 0.3) is 5.69 Å². The topological polar surface area (TPSA) is 107 Å². The highest BCUT2D eigenvalue weighted by Crippen LogP contribution is 2.42. The number of aromatic nitrogens is 3. The van der Waals surface area contributed by atoms with E-state index in [-0.39, 0.29) is 23.0 Å². The Morgan fingerprint density at radius 2 is 2.29 bits per heavy atom. The van der Waals surface area contributed by atoms with Gasteiger partial charge in [0.15, 0.2) is 11.4 Å². The van der Waals surface area contributed by atoms with Crippen molar-refractivity contribution in [2.75, 3.05) is 7.11 Å². The summed E-state index contributed by atoms with van der Waals surface area (Å²) in [5.74, 6) is 0.424. The summed E-state index contributed by atoms with van der Waals surface area (Å²) in [5.41, 5.74) is 1.34. The second-order valence-electron chi connectivity index (χ2n) is 4.73. The third kappa shape index (κ3) is 2.18. The van der Waals surface area contributed by atoms with E-state index in [9.17, 15) is 10.1 Å². The van der Waals surface area contributed by atoms with Crippen LogP contribution >= 0.6 is 0 Å². The molecule has 3 rings (SSSR count). The molecule has 1 aromatic heterocycles. The zero-order valence-corrected chi connectivity index (χ0v) is 11.2. The highest BCUT2D eigenvalue weighted by molar-refractivity contribution is 5.54. The molecule has 1 aliphatic carbocycles. The van der Waals surface area contributed by atoms with Gasteiger partial charge in [-0.05, 0) is 25.0 Å². The molecule has 1 aromatic carbocycles. The number of hydrogen-bond acceptors (Lipinski definition) is 6. The van der Waals surface area contributed by atoms with Gasteiger partial charge in [-0.2, -0.15) is 5.26 Å². The number of nitro benzene ring substituents is 1. The van der Waals surface area contributed by atoms with Gasteiger partial charge in [-0.15, -0.1) is 5.10 Å². The van der Waals surface area contributed by atoms with Crippen molar-refractivity contribution < 1.29 is 9.66 Å². The number of nitriles is 1. The Balaban J connectivity index is 2.13. The lowest BCUT2D eigenvalue weighted by Crippen LogP contribution is -2.03. The van der Waals surface area contributed by atoms with Crippen LogP contribution in [0, 0.1) is 21.4 Å². The SMILES string of the molecule is COc1ccc(-n2nnc(C#N)c2C2CC2)cc1[N+](=O)[O-]. The number of methoxy groups -OCH3 is 1. The van der Waals surface area contributed by atoms with Crippen LogP contribution in [0.15, 0.2) is 18.2 Å². The second-order valence-corrected chi connectivity index (χ2v) is 4.73. The zero-order chi connectivity index (χ0) is 15.0. The third-order valence-electron chi connectivity index (χ3n) is 3.38. The van der Waals surface area contributed by atoms with E-state index in [0.717, 1.165) is 18.5 Å². The van der Waals surface area contributed by atoms with Gasteiger partial charge >= 0.3 is 5.69 Å². The predicted octanol–water partition coefficient (Wildman–Crippen LogP) is 1.93. The van der Waals surface area contributed by atoms with E-state index in [1.165, 1.54) is 23.9 Å². The van der Waals surface area contributed by atoms with E-state index in [0.29, 0.717) is 5.69 Å². The minimum Gasteiger partial charge on any atom is -0.490 e. The quantitative estimate of drug-likeness (QED) is 0.627. The maximum Gasteiger partial charge on any atom is 0.313 e. The molecule has 0 bridgehead atoms. The predicted molar refractivity (Wildman–Crippen MR) is 71.3 cm³/mol. The van der Waals surface area contributed by atoms with Gasteiger partial charge in [-0.25, -0.2) is 4.68 Å². The van der Waals surface area contributed by atoms with Crippen LogP contribution in [-0.4, -0.2) is 27.0 Å². The van der Waals surface area contributed by atoms with Crippen molar-refractivity contribution in [3.8, 4) is 17.5 Å². The summed E-state index contributed by atoms with van der Waals surface area (Å²) >= 11 is 0. The largest absolute Gasteiger partial charge is 0.490 e. The van der Waals surface area contributed by atoms with Gasteiger partial charge < -0.3 is 4.74 Å². The Morgan fingerprint density at radius 3 is 2.86 bits per heavy atom. The first kappa shape index (κ1) is 13.1. The molecular formula is C13H11N5O3. The number of ether oxygens (including phenoxy) is 1. The Bertz CT molecular complexity index is 758. The van der Waals surface area contributed by atoms with Gasteiger partial charge in [0, 0.05) is 12.0 Å². The van der Waals surface area contributed by atoms with Gasteiger partial charge in [0.2, 0.25) is 0 Å². The minimum absolute atomic E-state index is 0.147. The molecule has 0 saturated heterocycles. The van der Waals surface area contributed by atoms with Crippen LogP contribution in [-0.2, 0) is 0 Å². The number of nitro groups is 1. The van der Waals surface area contributed by atoms with Crippen LogP contribution in [0.5, 0.6) is 5.75 Å². The molecule has 0 radical (unpaired) electrons. The fourth-order valence-electron chi connectivity index (χ4n) is 2.24.